The second-order valence-electron chi connectivity index (χ2n) is 11.3. The predicted molar refractivity (Wildman–Crippen MR) is 182 cm³/mol. The second kappa shape index (κ2) is 39.1. The molecule has 0 spiro atoms. The van der Waals surface area contributed by atoms with E-state index in [-0.39, 0.29) is 50.8 Å². The van der Waals surface area contributed by atoms with Crippen LogP contribution in [0.4, 0.5) is 0 Å². The zero-order chi connectivity index (χ0) is 31.5. The molecule has 6 nitrogen and oxygen atoms in total. The molecule has 0 aromatic carbocycles. The summed E-state index contributed by atoms with van der Waals surface area (Å²) in [5.74, 6) is -1.93. The molecule has 0 bridgehead atoms. The van der Waals surface area contributed by atoms with E-state index in [1.807, 2.05) is 34.1 Å². The molecule has 0 aliphatic rings. The number of hydrogen-bond donors (Lipinski definition) is 0. The maximum absolute atomic E-state index is 10.8. The molecule has 0 N–H and O–H groups in total. The minimum Gasteiger partial charge on any atom is -0.549 e. The third kappa shape index (κ3) is 41.1. The first-order valence-corrected chi connectivity index (χ1v) is 16.7. The second-order valence-corrected chi connectivity index (χ2v) is 11.3. The van der Waals surface area contributed by atoms with Crippen LogP contribution in [0.3, 0.4) is 0 Å². The number of carbonyl (C=O) groups is 2. The van der Waals surface area contributed by atoms with Crippen molar-refractivity contribution >= 4 is 49.7 Å². The number of carbonyl (C=O) groups excluding carboxylic acids is 2. The van der Waals surface area contributed by atoms with Crippen LogP contribution in [0.2, 0.25) is 0 Å². The summed E-state index contributed by atoms with van der Waals surface area (Å²) >= 11 is 0. The summed E-state index contributed by atoms with van der Waals surface area (Å²) in [5, 5.41) is 21.6. The summed E-state index contributed by atoms with van der Waals surface area (Å²) in [6.07, 6.45) is 30.6. The Hall–Kier alpha value is -0.920. The molecule has 0 saturated heterocycles. The number of unbranched alkanes of at least 4 members (excludes halogenated alkanes) is 16. The minimum absolute atomic E-state index is 0. The summed E-state index contributed by atoms with van der Waals surface area (Å²) in [6.45, 7) is 18.5. The Morgan fingerprint density at radius 1 is 0.419 bits per heavy atom. The Morgan fingerprint density at radius 3 is 0.814 bits per heavy atom. The smallest absolute Gasteiger partial charge is 0.549 e. The van der Waals surface area contributed by atoms with E-state index >= 15 is 0 Å². The van der Waals surface area contributed by atoms with Gasteiger partial charge in [0.25, 0.3) is 0 Å². The zero-order valence-corrected chi connectivity index (χ0v) is 30.0. The SMILES string of the molecule is C=CCCCCCCN(CCCCCCC=C)CC(=O)[O-].C=CCCCCCCN(CCCCCCC=C)CC(=O)[O-].[Ca+2]. The van der Waals surface area contributed by atoms with Crippen LogP contribution in [0.5, 0.6) is 0 Å². The summed E-state index contributed by atoms with van der Waals surface area (Å²) in [6, 6.07) is 0. The summed E-state index contributed by atoms with van der Waals surface area (Å²) in [5.41, 5.74) is 0. The largest absolute Gasteiger partial charge is 2.00 e. The number of hydrogen-bond acceptors (Lipinski definition) is 6. The predicted octanol–water partition coefficient (Wildman–Crippen LogP) is 6.24. The van der Waals surface area contributed by atoms with Gasteiger partial charge in [-0.25, -0.2) is 0 Å². The molecule has 0 rings (SSSR count). The van der Waals surface area contributed by atoms with Crippen LogP contribution >= 0.6 is 0 Å². The molecular formula is C36H64CaN2O4. The molecular weight excluding hydrogens is 564 g/mol. The first-order chi connectivity index (χ1) is 20.4. The standard InChI is InChI=1S/2C18H33NO2.Ca/c2*1-3-5-7-9-11-13-15-19(17-18(20)21)16-14-12-10-8-6-4-2;/h2*3-4H,1-2,5-17H2,(H,20,21);/q;;+2/p-2. The Balaban J connectivity index is -0.000000727. The van der Waals surface area contributed by atoms with Gasteiger partial charge in [0.2, 0.25) is 0 Å². The Bertz CT molecular complexity index is 576. The Labute approximate surface area is 295 Å². The van der Waals surface area contributed by atoms with Crippen LogP contribution in [0.1, 0.15) is 128 Å². The average Bonchev–Trinajstić information content (AvgIpc) is 2.95. The van der Waals surface area contributed by atoms with Crippen LogP contribution in [0.15, 0.2) is 50.6 Å². The van der Waals surface area contributed by atoms with Gasteiger partial charge in [0.15, 0.2) is 0 Å². The first-order valence-electron chi connectivity index (χ1n) is 16.7. The normalized spacial score (nSPS) is 10.5. The van der Waals surface area contributed by atoms with Gasteiger partial charge in [0.05, 0.1) is 11.9 Å². The zero-order valence-electron chi connectivity index (χ0n) is 27.8. The van der Waals surface area contributed by atoms with Crippen LogP contribution in [0, 0.1) is 0 Å². The fourth-order valence-electron chi connectivity index (χ4n) is 4.82. The Kier molecular flexibility index (Phi) is 42.3. The number of allylic oxidation sites excluding steroid dienone is 4. The molecule has 0 heterocycles. The molecule has 0 aromatic rings. The van der Waals surface area contributed by atoms with E-state index in [2.05, 4.69) is 26.3 Å². The van der Waals surface area contributed by atoms with Crippen molar-refractivity contribution in [3.63, 3.8) is 0 Å². The fraction of sp³-hybridized carbons (Fsp3) is 0.722. The van der Waals surface area contributed by atoms with Crippen molar-refractivity contribution in [2.24, 2.45) is 0 Å². The molecule has 244 valence electrons. The molecule has 0 atom stereocenters. The van der Waals surface area contributed by atoms with Gasteiger partial charge in [0, 0.05) is 13.1 Å². The van der Waals surface area contributed by atoms with Crippen LogP contribution in [-0.4, -0.2) is 98.7 Å². The molecule has 0 radical (unpaired) electrons. The van der Waals surface area contributed by atoms with Gasteiger partial charge < -0.3 is 19.8 Å². The number of rotatable bonds is 32. The fourth-order valence-corrected chi connectivity index (χ4v) is 4.82. The van der Waals surface area contributed by atoms with E-state index in [4.69, 9.17) is 0 Å². The molecule has 0 saturated carbocycles. The third-order valence-electron chi connectivity index (χ3n) is 7.24. The quantitative estimate of drug-likeness (QED) is 0.0498. The van der Waals surface area contributed by atoms with Crippen LogP contribution in [-0.2, 0) is 9.59 Å². The number of nitrogens with zero attached hydrogens (tertiary/aromatic N) is 2. The van der Waals surface area contributed by atoms with Crippen molar-refractivity contribution in [2.75, 3.05) is 39.3 Å². The van der Waals surface area contributed by atoms with Crippen LogP contribution in [0.25, 0.3) is 0 Å². The maximum atomic E-state index is 10.8. The average molecular weight is 629 g/mol. The van der Waals surface area contributed by atoms with Gasteiger partial charge in [-0.05, 0) is 103 Å². The summed E-state index contributed by atoms with van der Waals surface area (Å²) < 4.78 is 0. The monoisotopic (exact) mass is 628 g/mol. The van der Waals surface area contributed by atoms with Gasteiger partial charge in [-0.3, -0.25) is 9.80 Å². The van der Waals surface area contributed by atoms with Gasteiger partial charge in [-0.1, -0.05) is 75.7 Å². The number of carboxylic acid groups (broad SMARTS) is 2. The van der Waals surface area contributed by atoms with Gasteiger partial charge in [-0.15, -0.1) is 26.3 Å². The molecule has 0 aliphatic carbocycles. The molecule has 0 aliphatic heterocycles. The molecule has 0 fully saturated rings. The van der Waals surface area contributed by atoms with E-state index in [1.165, 1.54) is 51.4 Å². The van der Waals surface area contributed by atoms with E-state index < -0.39 is 11.9 Å². The van der Waals surface area contributed by atoms with E-state index in [0.29, 0.717) is 0 Å². The maximum Gasteiger partial charge on any atom is 2.00 e. The van der Waals surface area contributed by atoms with E-state index in [9.17, 15) is 19.8 Å². The summed E-state index contributed by atoms with van der Waals surface area (Å²) in [7, 11) is 0. The molecule has 0 aromatic heterocycles. The van der Waals surface area contributed by atoms with Crippen molar-refractivity contribution in [1.82, 2.24) is 9.80 Å². The molecule has 0 unspecified atom stereocenters. The van der Waals surface area contributed by atoms with Crippen LogP contribution < -0.4 is 10.2 Å². The molecule has 43 heavy (non-hydrogen) atoms. The van der Waals surface area contributed by atoms with E-state index in [1.54, 1.807) is 0 Å². The van der Waals surface area contributed by atoms with Crippen molar-refractivity contribution in [2.45, 2.75) is 128 Å². The Morgan fingerprint density at radius 2 is 0.628 bits per heavy atom. The van der Waals surface area contributed by atoms with Gasteiger partial charge in [0.1, 0.15) is 0 Å². The first kappa shape index (κ1) is 46.5. The number of aliphatic carboxylic acids is 2. The van der Waals surface area contributed by atoms with Crippen molar-refractivity contribution in [3.05, 3.63) is 50.6 Å². The van der Waals surface area contributed by atoms with Gasteiger partial charge >= 0.3 is 37.7 Å². The third-order valence-corrected chi connectivity index (χ3v) is 7.24. The molecule has 7 heteroatoms. The van der Waals surface area contributed by atoms with Crippen molar-refractivity contribution in [3.8, 4) is 0 Å². The van der Waals surface area contributed by atoms with Crippen molar-refractivity contribution in [1.29, 1.82) is 0 Å². The molecule has 0 amide bonds. The summed E-state index contributed by atoms with van der Waals surface area (Å²) in [4.78, 5) is 25.6. The van der Waals surface area contributed by atoms with E-state index in [0.717, 1.165) is 103 Å². The minimum atomic E-state index is -0.965. The number of carboxylic acids is 2. The van der Waals surface area contributed by atoms with Crippen molar-refractivity contribution < 1.29 is 19.8 Å². The van der Waals surface area contributed by atoms with Gasteiger partial charge in [-0.2, -0.15) is 0 Å². The topological polar surface area (TPSA) is 86.7 Å².